The van der Waals surface area contributed by atoms with E-state index in [0.29, 0.717) is 67.1 Å². The highest BCUT2D eigenvalue weighted by molar-refractivity contribution is 5.97. The molecule has 4 aliphatic rings. The van der Waals surface area contributed by atoms with Gasteiger partial charge < -0.3 is 31.1 Å². The van der Waals surface area contributed by atoms with Crippen LogP contribution < -0.4 is 26.0 Å². The number of aliphatic hydroxyl groups is 1. The van der Waals surface area contributed by atoms with Crippen molar-refractivity contribution in [3.05, 3.63) is 71.7 Å². The van der Waals surface area contributed by atoms with Gasteiger partial charge in [0.2, 0.25) is 11.7 Å². The minimum absolute atomic E-state index is 0. The lowest BCUT2D eigenvalue weighted by atomic mass is 9.44. The van der Waals surface area contributed by atoms with Gasteiger partial charge in [0.15, 0.2) is 23.0 Å². The smallest absolute Gasteiger partial charge is 0.251 e. The maximum Gasteiger partial charge on any atom is 0.251 e. The lowest BCUT2D eigenvalue weighted by Gasteiger charge is -2.70. The minimum Gasteiger partial charge on any atom is -0.494 e. The van der Waals surface area contributed by atoms with Crippen LogP contribution in [0.1, 0.15) is 48.5 Å². The van der Waals surface area contributed by atoms with Crippen molar-refractivity contribution in [2.75, 3.05) is 19.0 Å². The van der Waals surface area contributed by atoms with Crippen molar-refractivity contribution < 1.29 is 28.2 Å². The van der Waals surface area contributed by atoms with E-state index in [1.165, 1.54) is 31.6 Å². The monoisotopic (exact) mass is 689 g/mol. The van der Waals surface area contributed by atoms with E-state index in [4.69, 9.17) is 4.74 Å². The maximum atomic E-state index is 14.9. The van der Waals surface area contributed by atoms with Crippen LogP contribution in [0.25, 0.3) is 16.9 Å². The van der Waals surface area contributed by atoms with E-state index in [0.717, 1.165) is 5.56 Å². The molecule has 2 atom stereocenters. The highest BCUT2D eigenvalue weighted by atomic mass is 35.5. The van der Waals surface area contributed by atoms with Crippen LogP contribution in [0.3, 0.4) is 0 Å². The molecule has 11 nitrogen and oxygen atoms in total. The van der Waals surface area contributed by atoms with Gasteiger partial charge in [-0.05, 0) is 68.0 Å². The number of nitrogens with one attached hydrogen (secondary N) is 4. The van der Waals surface area contributed by atoms with Gasteiger partial charge in [0.25, 0.3) is 5.91 Å². The summed E-state index contributed by atoms with van der Waals surface area (Å²) >= 11 is 0. The summed E-state index contributed by atoms with van der Waals surface area (Å²) in [6, 6.07) is 7.86. The normalized spacial score (nSPS) is 23.9. The van der Waals surface area contributed by atoms with E-state index < -0.39 is 17.7 Å². The Morgan fingerprint density at radius 1 is 1.09 bits per heavy atom. The van der Waals surface area contributed by atoms with E-state index in [1.807, 2.05) is 13.0 Å². The van der Waals surface area contributed by atoms with E-state index >= 15 is 0 Å². The van der Waals surface area contributed by atoms with Crippen LogP contribution in [0.5, 0.6) is 5.75 Å². The molecule has 3 aliphatic carbocycles. The molecule has 47 heavy (non-hydrogen) atoms. The summed E-state index contributed by atoms with van der Waals surface area (Å²) in [5.74, 6) is -2.15. The quantitative estimate of drug-likeness (QED) is 0.177. The number of hydrogen-bond acceptors (Lipinski definition) is 8. The third-order valence-corrected chi connectivity index (χ3v) is 9.19. The molecule has 250 valence electrons. The molecule has 0 spiro atoms. The summed E-state index contributed by atoms with van der Waals surface area (Å²) in [6.45, 7) is 2.39. The molecule has 3 saturated carbocycles. The summed E-state index contributed by atoms with van der Waals surface area (Å²) in [5.41, 5.74) is 2.28. The van der Waals surface area contributed by atoms with Crippen molar-refractivity contribution in [3.8, 4) is 17.0 Å². The first-order valence-corrected chi connectivity index (χ1v) is 14.9. The second-order valence-electron chi connectivity index (χ2n) is 12.3. The van der Waals surface area contributed by atoms with Crippen molar-refractivity contribution in [2.45, 2.75) is 62.3 Å². The SMILES string of the molecule is CCc1cc(Nc2nccn3c(-c4ccc(OC)c(F)c4F)cnc23)ccc1C(=O)NC12CC(NC(=O)[C@@H]3C[C@@H](O)CN3)(C1)C2.Cl.Cl. The van der Waals surface area contributed by atoms with Gasteiger partial charge >= 0.3 is 0 Å². The number of hydrogen-bond donors (Lipinski definition) is 5. The lowest BCUT2D eigenvalue weighted by molar-refractivity contribution is -0.141. The van der Waals surface area contributed by atoms with E-state index in [9.17, 15) is 23.5 Å². The molecule has 2 aromatic heterocycles. The Balaban J connectivity index is 0.00000217. The van der Waals surface area contributed by atoms with Crippen LogP contribution in [0, 0.1) is 11.6 Å². The molecule has 2 bridgehead atoms. The van der Waals surface area contributed by atoms with Crippen LogP contribution in [-0.4, -0.2) is 68.2 Å². The maximum absolute atomic E-state index is 14.9. The Labute approximate surface area is 281 Å². The number of rotatable bonds is 9. The van der Waals surface area contributed by atoms with Gasteiger partial charge in [0, 0.05) is 46.8 Å². The number of aliphatic hydroxyl groups excluding tert-OH is 1. The molecule has 2 amide bonds. The number of methoxy groups -OCH3 is 1. The first-order valence-electron chi connectivity index (χ1n) is 14.9. The van der Waals surface area contributed by atoms with E-state index in [1.54, 1.807) is 22.7 Å². The van der Waals surface area contributed by atoms with Gasteiger partial charge in [0.05, 0.1) is 31.1 Å². The zero-order chi connectivity index (χ0) is 31.5. The molecule has 0 radical (unpaired) electrons. The van der Waals surface area contributed by atoms with Gasteiger partial charge in [-0.3, -0.25) is 14.0 Å². The number of amides is 2. The number of carbonyl (C=O) groups is 2. The molecule has 2 aromatic carbocycles. The number of carbonyl (C=O) groups excluding carboxylic acids is 2. The fourth-order valence-corrected chi connectivity index (χ4v) is 7.04. The number of halogens is 4. The summed E-state index contributed by atoms with van der Waals surface area (Å²) in [6.07, 6.45) is 7.18. The highest BCUT2D eigenvalue weighted by Gasteiger charge is 2.69. The number of nitrogens with zero attached hydrogens (tertiary/aromatic N) is 3. The summed E-state index contributed by atoms with van der Waals surface area (Å²) in [4.78, 5) is 34.8. The average molecular weight is 691 g/mol. The molecular formula is C32H35Cl2F2N7O4. The predicted molar refractivity (Wildman–Crippen MR) is 176 cm³/mol. The van der Waals surface area contributed by atoms with Crippen LogP contribution in [0.2, 0.25) is 0 Å². The van der Waals surface area contributed by atoms with Gasteiger partial charge in [-0.2, -0.15) is 4.39 Å². The Kier molecular flexibility index (Phi) is 9.39. The summed E-state index contributed by atoms with van der Waals surface area (Å²) in [7, 11) is 1.27. The number of ether oxygens (including phenoxy) is 1. The van der Waals surface area contributed by atoms with Crippen LogP contribution >= 0.6 is 24.8 Å². The Morgan fingerprint density at radius 3 is 2.51 bits per heavy atom. The molecule has 1 aliphatic heterocycles. The van der Waals surface area contributed by atoms with Crippen LogP contribution in [0.15, 0.2) is 48.9 Å². The number of aryl methyl sites for hydroxylation is 1. The Bertz CT molecular complexity index is 1840. The summed E-state index contributed by atoms with van der Waals surface area (Å²) < 4.78 is 35.8. The number of anilines is 2. The van der Waals surface area contributed by atoms with Gasteiger partial charge in [-0.15, -0.1) is 24.8 Å². The molecule has 4 fully saturated rings. The standard InChI is InChI=1S/C32H33F2N7O4.2ClH/c1-3-17-10-18(38-27-28-37-13-23(41(28)9-8-35-27)21-6-7-24(45-2)26(34)25(21)33)4-5-20(17)29(43)39-31-14-32(15-31,16-31)40-30(44)22-11-19(42)12-36-22;;/h4-10,13,19,22,36,42H,3,11-12,14-16H2,1-2H3,(H,35,38)(H,39,43)(H,40,44);2*1H/t19-,22+,31?,32?;;/m1../s1. The van der Waals surface area contributed by atoms with Crippen molar-refractivity contribution >= 4 is 53.8 Å². The topological polar surface area (TPSA) is 142 Å². The molecule has 8 rings (SSSR count). The van der Waals surface area contributed by atoms with Gasteiger partial charge in [-0.1, -0.05) is 6.92 Å². The van der Waals surface area contributed by atoms with Crippen molar-refractivity contribution in [1.82, 2.24) is 30.3 Å². The Hall–Kier alpha value is -4.04. The van der Waals surface area contributed by atoms with Crippen molar-refractivity contribution in [3.63, 3.8) is 0 Å². The molecule has 3 heterocycles. The summed E-state index contributed by atoms with van der Waals surface area (Å²) in [5, 5.41) is 22.3. The number of imidazole rings is 1. The second kappa shape index (κ2) is 12.9. The lowest BCUT2D eigenvalue weighted by Crippen LogP contribution is -2.84. The molecule has 4 aromatic rings. The average Bonchev–Trinajstić information content (AvgIpc) is 3.63. The van der Waals surface area contributed by atoms with Gasteiger partial charge in [-0.25, -0.2) is 14.4 Å². The number of β-amino-alcohol motifs (C(OH)–C–C–N with tert-alkyl or cyclic N) is 1. The molecule has 15 heteroatoms. The van der Waals surface area contributed by atoms with Gasteiger partial charge in [0.1, 0.15) is 0 Å². The highest BCUT2D eigenvalue weighted by Crippen LogP contribution is 2.60. The first-order chi connectivity index (χ1) is 21.6. The number of benzene rings is 2. The minimum atomic E-state index is -1.08. The fourth-order valence-electron chi connectivity index (χ4n) is 7.04. The third-order valence-electron chi connectivity index (χ3n) is 9.19. The largest absolute Gasteiger partial charge is 0.494 e. The van der Waals surface area contributed by atoms with Crippen molar-refractivity contribution in [1.29, 1.82) is 0 Å². The fraction of sp³-hybridized carbons (Fsp3) is 0.375. The zero-order valence-electron chi connectivity index (χ0n) is 25.6. The van der Waals surface area contributed by atoms with Crippen molar-refractivity contribution in [2.24, 2.45) is 0 Å². The molecule has 5 N–H and O–H groups in total. The van der Waals surface area contributed by atoms with Crippen LogP contribution in [0.4, 0.5) is 20.3 Å². The van der Waals surface area contributed by atoms with E-state index in [-0.39, 0.29) is 65.1 Å². The molecule has 0 unspecified atom stereocenters. The number of aromatic nitrogens is 3. The van der Waals surface area contributed by atoms with Crippen LogP contribution in [-0.2, 0) is 11.2 Å². The van der Waals surface area contributed by atoms with E-state index in [2.05, 4.69) is 31.2 Å². The zero-order valence-corrected chi connectivity index (χ0v) is 27.2. The number of fused-ring (bicyclic) bond motifs is 1. The molecule has 1 saturated heterocycles. The third kappa shape index (κ3) is 5.97. The second-order valence-corrected chi connectivity index (χ2v) is 12.3. The first kappa shape index (κ1) is 34.3. The predicted octanol–water partition coefficient (Wildman–Crippen LogP) is 4.08. The molecular weight excluding hydrogens is 655 g/mol. The Morgan fingerprint density at radius 2 is 1.83 bits per heavy atom.